The minimum atomic E-state index is -0.496. The van der Waals surface area contributed by atoms with Crippen LogP contribution in [0.15, 0.2) is 24.3 Å². The Hall–Kier alpha value is -1.75. The number of hydrogen-bond donors (Lipinski definition) is 1. The Bertz CT molecular complexity index is 487. The number of para-hydroxylation sites is 1. The first-order valence-electron chi connectivity index (χ1n) is 6.58. The predicted octanol–water partition coefficient (Wildman–Crippen LogP) is 2.56. The third-order valence-electron chi connectivity index (χ3n) is 3.59. The maximum atomic E-state index is 12.2. The molecule has 1 aromatic rings. The van der Waals surface area contributed by atoms with Crippen molar-refractivity contribution < 1.29 is 9.72 Å². The van der Waals surface area contributed by atoms with Crippen LogP contribution in [0.2, 0.25) is 0 Å². The van der Waals surface area contributed by atoms with Crippen LogP contribution in [0, 0.1) is 16.0 Å². The van der Waals surface area contributed by atoms with Gasteiger partial charge >= 0.3 is 0 Å². The van der Waals surface area contributed by atoms with Crippen molar-refractivity contribution in [2.45, 2.75) is 32.2 Å². The van der Waals surface area contributed by atoms with Gasteiger partial charge in [-0.1, -0.05) is 19.1 Å². The quantitative estimate of drug-likeness (QED) is 0.514. The summed E-state index contributed by atoms with van der Waals surface area (Å²) in [5.74, 6) is 0.448. The van der Waals surface area contributed by atoms with Crippen LogP contribution in [-0.4, -0.2) is 23.3 Å². The van der Waals surface area contributed by atoms with Gasteiger partial charge in [0.2, 0.25) is 0 Å². The number of rotatable bonds is 4. The van der Waals surface area contributed by atoms with E-state index in [4.69, 9.17) is 0 Å². The Morgan fingerprint density at radius 1 is 1.47 bits per heavy atom. The molecule has 102 valence electrons. The highest BCUT2D eigenvalue weighted by atomic mass is 16.6. The molecule has 19 heavy (non-hydrogen) atoms. The first-order chi connectivity index (χ1) is 9.08. The largest absolute Gasteiger partial charge is 0.314 e. The smallest absolute Gasteiger partial charge is 0.280 e. The molecule has 5 nitrogen and oxygen atoms in total. The molecule has 1 heterocycles. The number of ketones is 1. The normalized spacial score (nSPS) is 23.0. The number of piperidine rings is 1. The van der Waals surface area contributed by atoms with E-state index >= 15 is 0 Å². The number of carbonyl (C=O) groups excluding carboxylic acids is 1. The van der Waals surface area contributed by atoms with E-state index in [9.17, 15) is 14.9 Å². The zero-order valence-electron chi connectivity index (χ0n) is 11.0. The lowest BCUT2D eigenvalue weighted by Crippen LogP contribution is -2.38. The van der Waals surface area contributed by atoms with E-state index in [1.807, 2.05) is 0 Å². The molecule has 5 heteroatoms. The molecule has 1 aliphatic heterocycles. The lowest BCUT2D eigenvalue weighted by Gasteiger charge is -2.27. The molecule has 0 amide bonds. The van der Waals surface area contributed by atoms with Gasteiger partial charge in [0.1, 0.15) is 0 Å². The number of nitrogens with one attached hydrogen (secondary N) is 1. The Balaban J connectivity index is 2.09. The first-order valence-corrected chi connectivity index (χ1v) is 6.58. The van der Waals surface area contributed by atoms with Gasteiger partial charge in [0.15, 0.2) is 5.78 Å². The van der Waals surface area contributed by atoms with E-state index in [0.717, 1.165) is 19.4 Å². The summed E-state index contributed by atoms with van der Waals surface area (Å²) in [7, 11) is 0. The fourth-order valence-electron chi connectivity index (χ4n) is 2.58. The Morgan fingerprint density at radius 3 is 2.89 bits per heavy atom. The molecular formula is C14H18N2O3. The van der Waals surface area contributed by atoms with Crippen molar-refractivity contribution in [3.05, 3.63) is 39.9 Å². The second-order valence-electron chi connectivity index (χ2n) is 5.18. The average molecular weight is 262 g/mol. The molecule has 0 aliphatic carbocycles. The second kappa shape index (κ2) is 5.93. The second-order valence-corrected chi connectivity index (χ2v) is 5.18. The summed E-state index contributed by atoms with van der Waals surface area (Å²) in [5.41, 5.74) is 0.115. The van der Waals surface area contributed by atoms with Crippen LogP contribution < -0.4 is 5.32 Å². The standard InChI is InChI=1S/C14H18N2O3/c1-10-6-7-15-11(8-10)9-14(17)12-4-2-3-5-13(12)16(18)19/h2-5,10-11,15H,6-9H2,1H3. The van der Waals surface area contributed by atoms with Gasteiger partial charge in [-0.05, 0) is 31.4 Å². The molecule has 1 N–H and O–H groups in total. The molecule has 0 bridgehead atoms. The van der Waals surface area contributed by atoms with Crippen molar-refractivity contribution in [3.63, 3.8) is 0 Å². The molecule has 1 aromatic carbocycles. The Morgan fingerprint density at radius 2 is 2.21 bits per heavy atom. The third kappa shape index (κ3) is 3.38. The van der Waals surface area contributed by atoms with Crippen molar-refractivity contribution in [2.24, 2.45) is 5.92 Å². The minimum absolute atomic E-state index is 0.101. The van der Waals surface area contributed by atoms with Crippen LogP contribution in [0.3, 0.4) is 0 Å². The molecule has 0 aromatic heterocycles. The summed E-state index contributed by atoms with van der Waals surface area (Å²) in [4.78, 5) is 22.6. The zero-order valence-corrected chi connectivity index (χ0v) is 11.0. The highest BCUT2D eigenvalue weighted by Crippen LogP contribution is 2.23. The highest BCUT2D eigenvalue weighted by Gasteiger charge is 2.25. The van der Waals surface area contributed by atoms with Crippen LogP contribution in [0.5, 0.6) is 0 Å². The molecule has 0 spiro atoms. The van der Waals surface area contributed by atoms with Gasteiger partial charge in [0, 0.05) is 18.5 Å². The maximum Gasteiger partial charge on any atom is 0.280 e. The lowest BCUT2D eigenvalue weighted by molar-refractivity contribution is -0.385. The van der Waals surface area contributed by atoms with Crippen molar-refractivity contribution in [1.82, 2.24) is 5.32 Å². The average Bonchev–Trinajstić information content (AvgIpc) is 2.38. The highest BCUT2D eigenvalue weighted by molar-refractivity contribution is 6.00. The zero-order chi connectivity index (χ0) is 13.8. The van der Waals surface area contributed by atoms with E-state index in [1.165, 1.54) is 12.1 Å². The number of carbonyl (C=O) groups is 1. The van der Waals surface area contributed by atoms with Crippen LogP contribution in [0.1, 0.15) is 36.5 Å². The van der Waals surface area contributed by atoms with Crippen LogP contribution >= 0.6 is 0 Å². The first kappa shape index (κ1) is 13.7. The molecule has 0 radical (unpaired) electrons. The van der Waals surface area contributed by atoms with E-state index < -0.39 is 4.92 Å². The molecule has 2 rings (SSSR count). The van der Waals surface area contributed by atoms with Crippen molar-refractivity contribution in [3.8, 4) is 0 Å². The fraction of sp³-hybridized carbons (Fsp3) is 0.500. The Labute approximate surface area is 112 Å². The van der Waals surface area contributed by atoms with Gasteiger partial charge in [-0.2, -0.15) is 0 Å². The fourth-order valence-corrected chi connectivity index (χ4v) is 2.58. The maximum absolute atomic E-state index is 12.2. The topological polar surface area (TPSA) is 72.2 Å². The minimum Gasteiger partial charge on any atom is -0.314 e. The van der Waals surface area contributed by atoms with Gasteiger partial charge in [0.25, 0.3) is 5.69 Å². The van der Waals surface area contributed by atoms with Crippen molar-refractivity contribution >= 4 is 11.5 Å². The van der Waals surface area contributed by atoms with Crippen molar-refractivity contribution in [1.29, 1.82) is 0 Å². The molecule has 1 fully saturated rings. The van der Waals surface area contributed by atoms with E-state index in [-0.39, 0.29) is 23.1 Å². The number of nitro groups is 1. The number of Topliss-reactive ketones (excluding diaryl/α,β-unsaturated/α-hetero) is 1. The van der Waals surface area contributed by atoms with Gasteiger partial charge < -0.3 is 5.32 Å². The van der Waals surface area contributed by atoms with E-state index in [2.05, 4.69) is 12.2 Å². The monoisotopic (exact) mass is 262 g/mol. The molecule has 2 unspecified atom stereocenters. The summed E-state index contributed by atoms with van der Waals surface area (Å²) in [6.07, 6.45) is 2.40. The summed E-state index contributed by atoms with van der Waals surface area (Å²) in [6, 6.07) is 6.29. The number of nitro benzene ring substituents is 1. The summed E-state index contributed by atoms with van der Waals surface area (Å²) in [5, 5.41) is 14.2. The molecule has 1 saturated heterocycles. The number of nitrogens with zero attached hydrogens (tertiary/aromatic N) is 1. The van der Waals surface area contributed by atoms with Gasteiger partial charge in [-0.3, -0.25) is 14.9 Å². The molecule has 2 atom stereocenters. The summed E-state index contributed by atoms with van der Waals surface area (Å²) < 4.78 is 0. The van der Waals surface area contributed by atoms with E-state index in [1.54, 1.807) is 12.1 Å². The molecular weight excluding hydrogens is 244 g/mol. The molecule has 0 saturated carbocycles. The lowest BCUT2D eigenvalue weighted by atomic mass is 9.90. The van der Waals surface area contributed by atoms with Crippen LogP contribution in [-0.2, 0) is 0 Å². The van der Waals surface area contributed by atoms with E-state index in [0.29, 0.717) is 12.3 Å². The van der Waals surface area contributed by atoms with Crippen molar-refractivity contribution in [2.75, 3.05) is 6.54 Å². The number of hydrogen-bond acceptors (Lipinski definition) is 4. The van der Waals surface area contributed by atoms with Gasteiger partial charge in [0.05, 0.1) is 10.5 Å². The summed E-state index contributed by atoms with van der Waals surface area (Å²) in [6.45, 7) is 3.08. The predicted molar refractivity (Wildman–Crippen MR) is 72.2 cm³/mol. The Kier molecular flexibility index (Phi) is 4.27. The van der Waals surface area contributed by atoms with Crippen LogP contribution in [0.25, 0.3) is 0 Å². The number of benzene rings is 1. The van der Waals surface area contributed by atoms with Gasteiger partial charge in [-0.15, -0.1) is 0 Å². The van der Waals surface area contributed by atoms with Gasteiger partial charge in [-0.25, -0.2) is 0 Å². The SMILES string of the molecule is CC1CCNC(CC(=O)c2ccccc2[N+](=O)[O-])C1. The van der Waals surface area contributed by atoms with Crippen LogP contribution in [0.4, 0.5) is 5.69 Å². The molecule has 1 aliphatic rings. The summed E-state index contributed by atoms with van der Waals surface area (Å²) >= 11 is 0. The third-order valence-corrected chi connectivity index (χ3v) is 3.59.